The zero-order valence-electron chi connectivity index (χ0n) is 6.29. The molecule has 1 saturated heterocycles. The number of rotatable bonds is 1. The molecule has 0 radical (unpaired) electrons. The van der Waals surface area contributed by atoms with Gasteiger partial charge in [-0.1, -0.05) is 13.8 Å². The molecule has 3 heteroatoms. The van der Waals surface area contributed by atoms with Crippen molar-refractivity contribution in [2.75, 3.05) is 6.54 Å². The molecule has 1 heterocycles. The van der Waals surface area contributed by atoms with Crippen LogP contribution in [0.15, 0.2) is 0 Å². The van der Waals surface area contributed by atoms with Crippen molar-refractivity contribution >= 4 is 5.97 Å². The van der Waals surface area contributed by atoms with Crippen molar-refractivity contribution in [3.05, 3.63) is 0 Å². The third-order valence-electron chi connectivity index (χ3n) is 2.35. The molecule has 1 unspecified atom stereocenters. The van der Waals surface area contributed by atoms with Gasteiger partial charge in [-0.2, -0.15) is 0 Å². The van der Waals surface area contributed by atoms with Crippen molar-refractivity contribution in [1.29, 1.82) is 0 Å². The van der Waals surface area contributed by atoms with Gasteiger partial charge in [0.1, 0.15) is 6.04 Å². The lowest BCUT2D eigenvalue weighted by Gasteiger charge is -2.11. The van der Waals surface area contributed by atoms with E-state index >= 15 is 0 Å². The van der Waals surface area contributed by atoms with Gasteiger partial charge in [-0.3, -0.25) is 4.79 Å². The quantitative estimate of drug-likeness (QED) is 0.555. The zero-order valence-corrected chi connectivity index (χ0v) is 6.29. The number of carboxylic acid groups (broad SMARTS) is 1. The first-order chi connectivity index (χ1) is 4.63. The summed E-state index contributed by atoms with van der Waals surface area (Å²) < 4.78 is 0. The van der Waals surface area contributed by atoms with Gasteiger partial charge in [-0.15, -0.1) is 0 Å². The van der Waals surface area contributed by atoms with Crippen LogP contribution in [0.25, 0.3) is 0 Å². The maximum atomic E-state index is 10.5. The highest BCUT2D eigenvalue weighted by atomic mass is 16.4. The summed E-state index contributed by atoms with van der Waals surface area (Å²) in [7, 11) is 0. The first kappa shape index (κ1) is 7.54. The number of aliphatic carboxylic acids is 1. The van der Waals surface area contributed by atoms with Gasteiger partial charge in [0, 0.05) is 0 Å². The van der Waals surface area contributed by atoms with Gasteiger partial charge >= 0.3 is 5.97 Å². The Morgan fingerprint density at radius 2 is 2.20 bits per heavy atom. The van der Waals surface area contributed by atoms with E-state index in [1.165, 1.54) is 0 Å². The lowest BCUT2D eigenvalue weighted by molar-refractivity contribution is -0.140. The highest BCUT2D eigenvalue weighted by Crippen LogP contribution is 2.20. The van der Waals surface area contributed by atoms with Gasteiger partial charge in [-0.25, -0.2) is 0 Å². The molecule has 0 aliphatic carbocycles. The van der Waals surface area contributed by atoms with Crippen LogP contribution >= 0.6 is 0 Å². The summed E-state index contributed by atoms with van der Waals surface area (Å²) in [6.45, 7) is 4.88. The zero-order chi connectivity index (χ0) is 7.72. The van der Waals surface area contributed by atoms with Crippen LogP contribution < -0.4 is 5.32 Å². The highest BCUT2D eigenvalue weighted by molar-refractivity contribution is 5.74. The molecular formula is C7H13NO2. The third kappa shape index (κ3) is 1.14. The van der Waals surface area contributed by atoms with Crippen molar-refractivity contribution in [3.63, 3.8) is 0 Å². The molecule has 0 saturated carbocycles. The van der Waals surface area contributed by atoms with E-state index in [0.29, 0.717) is 5.92 Å². The van der Waals surface area contributed by atoms with E-state index in [2.05, 4.69) is 12.2 Å². The average Bonchev–Trinajstić information content (AvgIpc) is 2.14. The van der Waals surface area contributed by atoms with Crippen LogP contribution in [-0.4, -0.2) is 23.7 Å². The molecule has 10 heavy (non-hydrogen) atoms. The van der Waals surface area contributed by atoms with Crippen LogP contribution in [0.5, 0.6) is 0 Å². The van der Waals surface area contributed by atoms with E-state index in [9.17, 15) is 4.79 Å². The van der Waals surface area contributed by atoms with Crippen molar-refractivity contribution in [1.82, 2.24) is 5.32 Å². The monoisotopic (exact) mass is 143 g/mol. The third-order valence-corrected chi connectivity index (χ3v) is 2.35. The largest absolute Gasteiger partial charge is 0.480 e. The number of carboxylic acids is 1. The van der Waals surface area contributed by atoms with Crippen LogP contribution in [0.1, 0.15) is 13.8 Å². The van der Waals surface area contributed by atoms with Crippen molar-refractivity contribution in [2.45, 2.75) is 19.9 Å². The minimum Gasteiger partial charge on any atom is -0.480 e. The molecule has 2 N–H and O–H groups in total. The van der Waals surface area contributed by atoms with E-state index in [-0.39, 0.29) is 12.0 Å². The van der Waals surface area contributed by atoms with Gasteiger partial charge in [0.2, 0.25) is 0 Å². The van der Waals surface area contributed by atoms with Crippen LogP contribution in [0.4, 0.5) is 0 Å². The minimum atomic E-state index is -0.725. The van der Waals surface area contributed by atoms with Crippen LogP contribution in [-0.2, 0) is 4.79 Å². The molecule has 1 aliphatic heterocycles. The lowest BCUT2D eigenvalue weighted by Crippen LogP contribution is -2.34. The Hall–Kier alpha value is -0.570. The fourth-order valence-corrected chi connectivity index (χ4v) is 1.33. The van der Waals surface area contributed by atoms with Crippen molar-refractivity contribution in [2.24, 2.45) is 11.8 Å². The van der Waals surface area contributed by atoms with Crippen molar-refractivity contribution < 1.29 is 9.90 Å². The molecule has 1 aliphatic rings. The SMILES string of the molecule is C[C@@H]1CNC(C(=O)O)[C@@H]1C. The minimum absolute atomic E-state index is 0.262. The van der Waals surface area contributed by atoms with E-state index in [0.717, 1.165) is 6.54 Å². The standard InChI is InChI=1S/C7H13NO2/c1-4-3-8-6(5(4)2)7(9)10/h4-6,8H,3H2,1-2H3,(H,9,10)/t4-,5-,6?/m1/s1. The van der Waals surface area contributed by atoms with E-state index in [1.807, 2.05) is 6.92 Å². The summed E-state index contributed by atoms with van der Waals surface area (Å²) in [5.41, 5.74) is 0. The Morgan fingerprint density at radius 3 is 2.40 bits per heavy atom. The Kier molecular flexibility index (Phi) is 1.94. The summed E-state index contributed by atoms with van der Waals surface area (Å²) in [4.78, 5) is 10.5. The summed E-state index contributed by atoms with van der Waals surface area (Å²) in [5, 5.41) is 11.6. The van der Waals surface area contributed by atoms with E-state index < -0.39 is 5.97 Å². The maximum absolute atomic E-state index is 10.5. The normalized spacial score (nSPS) is 40.0. The first-order valence-electron chi connectivity index (χ1n) is 3.59. The predicted octanol–water partition coefficient (Wildman–Crippen LogP) is 0.315. The second kappa shape index (κ2) is 2.58. The molecule has 58 valence electrons. The summed E-state index contributed by atoms with van der Waals surface area (Å²) in [6.07, 6.45) is 0. The second-order valence-electron chi connectivity index (χ2n) is 3.06. The average molecular weight is 143 g/mol. The molecule has 0 aromatic heterocycles. The smallest absolute Gasteiger partial charge is 0.320 e. The maximum Gasteiger partial charge on any atom is 0.320 e. The van der Waals surface area contributed by atoms with Gasteiger partial charge in [0.15, 0.2) is 0 Å². The van der Waals surface area contributed by atoms with E-state index in [1.54, 1.807) is 0 Å². The molecule has 0 amide bonds. The van der Waals surface area contributed by atoms with Gasteiger partial charge < -0.3 is 10.4 Å². The molecule has 1 rings (SSSR count). The highest BCUT2D eigenvalue weighted by Gasteiger charge is 2.33. The Balaban J connectivity index is 2.57. The van der Waals surface area contributed by atoms with Crippen molar-refractivity contribution in [3.8, 4) is 0 Å². The Morgan fingerprint density at radius 1 is 1.60 bits per heavy atom. The molecule has 0 spiro atoms. The number of hydrogen-bond donors (Lipinski definition) is 2. The fourth-order valence-electron chi connectivity index (χ4n) is 1.33. The number of hydrogen-bond acceptors (Lipinski definition) is 2. The van der Waals surface area contributed by atoms with Crippen LogP contribution in [0.3, 0.4) is 0 Å². The topological polar surface area (TPSA) is 49.3 Å². The number of nitrogens with one attached hydrogen (secondary N) is 1. The predicted molar refractivity (Wildman–Crippen MR) is 37.8 cm³/mol. The molecular weight excluding hydrogens is 130 g/mol. The molecule has 3 nitrogen and oxygen atoms in total. The van der Waals surface area contributed by atoms with Gasteiger partial charge in [-0.05, 0) is 18.4 Å². The van der Waals surface area contributed by atoms with Crippen LogP contribution in [0.2, 0.25) is 0 Å². The Labute approximate surface area is 60.4 Å². The summed E-state index contributed by atoms with van der Waals surface area (Å²) in [6, 6.07) is -0.324. The first-order valence-corrected chi connectivity index (χ1v) is 3.59. The lowest BCUT2D eigenvalue weighted by atomic mass is 9.94. The molecule has 1 fully saturated rings. The summed E-state index contributed by atoms with van der Waals surface area (Å²) in [5.74, 6) is 0.0236. The second-order valence-corrected chi connectivity index (χ2v) is 3.06. The van der Waals surface area contributed by atoms with E-state index in [4.69, 9.17) is 5.11 Å². The number of carbonyl (C=O) groups is 1. The molecule has 0 aromatic carbocycles. The summed E-state index contributed by atoms with van der Waals surface area (Å²) >= 11 is 0. The fraction of sp³-hybridized carbons (Fsp3) is 0.857. The van der Waals surface area contributed by atoms with Gasteiger partial charge in [0.25, 0.3) is 0 Å². The van der Waals surface area contributed by atoms with Gasteiger partial charge in [0.05, 0.1) is 0 Å². The molecule has 0 aromatic rings. The molecule has 3 atom stereocenters. The molecule has 0 bridgehead atoms. The Bertz CT molecular complexity index is 147. The van der Waals surface area contributed by atoms with Crippen LogP contribution in [0, 0.1) is 11.8 Å².